The molecule has 0 aliphatic rings. The molecule has 2 aromatic rings. The van der Waals surface area contributed by atoms with Crippen molar-refractivity contribution in [3.05, 3.63) is 65.7 Å². The van der Waals surface area contributed by atoms with E-state index in [-0.39, 0.29) is 24.8 Å². The number of aliphatic hydroxyl groups excluding tert-OH is 1. The number of nitrogens with two attached hydrogens (primary N) is 1. The minimum atomic E-state index is -4.42. The second-order valence-electron chi connectivity index (χ2n) is 6.50. The first kappa shape index (κ1) is 21.7. The highest BCUT2D eigenvalue weighted by Gasteiger charge is 2.30. The zero-order valence-electron chi connectivity index (χ0n) is 15.4. The van der Waals surface area contributed by atoms with E-state index in [0.717, 1.165) is 17.7 Å². The summed E-state index contributed by atoms with van der Waals surface area (Å²) in [6, 6.07) is 12.8. The van der Waals surface area contributed by atoms with Gasteiger partial charge in [-0.25, -0.2) is 0 Å². The molecule has 0 fully saturated rings. The van der Waals surface area contributed by atoms with Crippen LogP contribution in [-0.2, 0) is 17.4 Å². The van der Waals surface area contributed by atoms with Gasteiger partial charge in [-0.3, -0.25) is 4.79 Å². The number of hydrogen-bond acceptors (Lipinski definition) is 4. The summed E-state index contributed by atoms with van der Waals surface area (Å²) in [4.78, 5) is 13.6. The van der Waals surface area contributed by atoms with Crippen LogP contribution in [0.3, 0.4) is 0 Å². The van der Waals surface area contributed by atoms with Crippen molar-refractivity contribution in [1.82, 2.24) is 4.90 Å². The van der Waals surface area contributed by atoms with Crippen molar-refractivity contribution in [2.45, 2.75) is 24.7 Å². The van der Waals surface area contributed by atoms with E-state index in [1.165, 1.54) is 24.1 Å². The van der Waals surface area contributed by atoms with Crippen LogP contribution >= 0.6 is 0 Å². The molecule has 1 amide bonds. The van der Waals surface area contributed by atoms with Gasteiger partial charge < -0.3 is 20.5 Å². The van der Waals surface area contributed by atoms with E-state index < -0.39 is 23.9 Å². The van der Waals surface area contributed by atoms with Crippen LogP contribution in [0.5, 0.6) is 5.75 Å². The van der Waals surface area contributed by atoms with Crippen molar-refractivity contribution < 1.29 is 27.8 Å². The highest BCUT2D eigenvalue weighted by molar-refractivity contribution is 5.81. The van der Waals surface area contributed by atoms with Crippen molar-refractivity contribution in [1.29, 1.82) is 0 Å². The normalized spacial score (nSPS) is 13.6. The van der Waals surface area contributed by atoms with Gasteiger partial charge in [-0.2, -0.15) is 13.2 Å². The number of aliphatic hydroxyl groups is 1. The van der Waals surface area contributed by atoms with Crippen LogP contribution in [0.4, 0.5) is 13.2 Å². The van der Waals surface area contributed by atoms with Crippen LogP contribution < -0.4 is 10.5 Å². The van der Waals surface area contributed by atoms with Crippen molar-refractivity contribution in [3.63, 3.8) is 0 Å². The molecule has 8 heteroatoms. The van der Waals surface area contributed by atoms with E-state index >= 15 is 0 Å². The average Bonchev–Trinajstić information content (AvgIpc) is 2.66. The van der Waals surface area contributed by atoms with Crippen LogP contribution in [0, 0.1) is 0 Å². The number of benzene rings is 2. The number of ether oxygens (including phenoxy) is 1. The molecular weight excluding hydrogens is 373 g/mol. The topological polar surface area (TPSA) is 75.8 Å². The van der Waals surface area contributed by atoms with Gasteiger partial charge in [-0.15, -0.1) is 0 Å². The summed E-state index contributed by atoms with van der Waals surface area (Å²) in [5.41, 5.74) is 6.10. The maximum Gasteiger partial charge on any atom is 0.416 e. The molecule has 2 aromatic carbocycles. The van der Waals surface area contributed by atoms with Crippen molar-refractivity contribution in [2.24, 2.45) is 5.73 Å². The second kappa shape index (κ2) is 9.57. The molecule has 0 saturated carbocycles. The molecule has 0 aromatic heterocycles. The maximum absolute atomic E-state index is 12.5. The molecule has 1 unspecified atom stereocenters. The molecule has 0 bridgehead atoms. The van der Waals surface area contributed by atoms with Gasteiger partial charge in [0.2, 0.25) is 5.91 Å². The third-order valence-electron chi connectivity index (χ3n) is 4.10. The molecule has 2 rings (SSSR count). The first-order valence-corrected chi connectivity index (χ1v) is 8.69. The molecule has 0 radical (unpaired) electrons. The van der Waals surface area contributed by atoms with E-state index in [1.807, 2.05) is 30.3 Å². The molecule has 28 heavy (non-hydrogen) atoms. The number of hydrogen-bond donors (Lipinski definition) is 2. The Morgan fingerprint density at radius 1 is 1.14 bits per heavy atom. The summed E-state index contributed by atoms with van der Waals surface area (Å²) in [6.45, 7) is -0.182. The Kier molecular flexibility index (Phi) is 7.42. The van der Waals surface area contributed by atoms with E-state index in [1.54, 1.807) is 0 Å². The van der Waals surface area contributed by atoms with Crippen LogP contribution in [-0.4, -0.2) is 48.3 Å². The lowest BCUT2D eigenvalue weighted by molar-refractivity contribution is -0.137. The van der Waals surface area contributed by atoms with Gasteiger partial charge in [-0.05, 0) is 36.2 Å². The van der Waals surface area contributed by atoms with Crippen LogP contribution in [0.25, 0.3) is 0 Å². The first-order chi connectivity index (χ1) is 13.2. The summed E-state index contributed by atoms with van der Waals surface area (Å²) in [6.07, 6.45) is -5.05. The number of amides is 1. The molecule has 0 saturated heterocycles. The average molecular weight is 396 g/mol. The number of nitrogens with zero attached hydrogens (tertiary/aromatic N) is 1. The fourth-order valence-electron chi connectivity index (χ4n) is 2.63. The summed E-state index contributed by atoms with van der Waals surface area (Å²) in [7, 11) is 1.52. The Bertz CT molecular complexity index is 752. The molecule has 0 aliphatic carbocycles. The lowest BCUT2D eigenvalue weighted by atomic mass is 10.1. The molecule has 0 aliphatic heterocycles. The molecule has 5 nitrogen and oxygen atoms in total. The fraction of sp³-hybridized carbons (Fsp3) is 0.350. The largest absolute Gasteiger partial charge is 0.491 e. The maximum atomic E-state index is 12.5. The highest BCUT2D eigenvalue weighted by atomic mass is 19.4. The Labute approximate surface area is 161 Å². The predicted molar refractivity (Wildman–Crippen MR) is 98.7 cm³/mol. The fourth-order valence-corrected chi connectivity index (χ4v) is 2.63. The van der Waals surface area contributed by atoms with Crippen molar-refractivity contribution in [3.8, 4) is 5.75 Å². The predicted octanol–water partition coefficient (Wildman–Crippen LogP) is 2.47. The summed E-state index contributed by atoms with van der Waals surface area (Å²) in [5, 5.41) is 10.0. The highest BCUT2D eigenvalue weighted by Crippen LogP contribution is 2.30. The number of halogens is 3. The monoisotopic (exact) mass is 396 g/mol. The van der Waals surface area contributed by atoms with Crippen LogP contribution in [0.1, 0.15) is 11.1 Å². The Hall–Kier alpha value is -2.58. The Balaban J connectivity index is 1.79. The van der Waals surface area contributed by atoms with Gasteiger partial charge >= 0.3 is 6.18 Å². The van der Waals surface area contributed by atoms with E-state index in [0.29, 0.717) is 6.42 Å². The summed E-state index contributed by atoms with van der Waals surface area (Å²) >= 11 is 0. The Morgan fingerprint density at radius 3 is 2.32 bits per heavy atom. The Morgan fingerprint density at radius 2 is 1.75 bits per heavy atom. The minimum absolute atomic E-state index is 0.0119. The van der Waals surface area contributed by atoms with Crippen molar-refractivity contribution >= 4 is 5.91 Å². The molecule has 2 atom stereocenters. The molecule has 0 spiro atoms. The van der Waals surface area contributed by atoms with Gasteiger partial charge in [-0.1, -0.05) is 30.3 Å². The zero-order valence-corrected chi connectivity index (χ0v) is 15.4. The first-order valence-electron chi connectivity index (χ1n) is 8.69. The standard InChI is InChI=1S/C20H23F3N2O3/c1-25(19(27)18(24)11-14-5-3-2-4-6-14)12-16(26)13-28-17-9-7-15(8-10-17)20(21,22)23/h2-10,16,18,26H,11-13,24H2,1H3/t16?,18-/m0/s1. The van der Waals surface area contributed by atoms with Gasteiger partial charge in [0.15, 0.2) is 0 Å². The van der Waals surface area contributed by atoms with E-state index in [2.05, 4.69) is 0 Å². The summed E-state index contributed by atoms with van der Waals surface area (Å²) in [5.74, 6) is -0.126. The van der Waals surface area contributed by atoms with E-state index in [9.17, 15) is 23.1 Å². The lowest BCUT2D eigenvalue weighted by Crippen LogP contribution is -2.46. The van der Waals surface area contributed by atoms with Gasteiger partial charge in [0.25, 0.3) is 0 Å². The van der Waals surface area contributed by atoms with Crippen LogP contribution in [0.15, 0.2) is 54.6 Å². The number of carbonyl (C=O) groups is 1. The van der Waals surface area contributed by atoms with Gasteiger partial charge in [0.1, 0.15) is 18.5 Å². The molecule has 152 valence electrons. The lowest BCUT2D eigenvalue weighted by Gasteiger charge is -2.24. The van der Waals surface area contributed by atoms with Gasteiger partial charge in [0.05, 0.1) is 11.6 Å². The van der Waals surface area contributed by atoms with E-state index in [4.69, 9.17) is 10.5 Å². The third kappa shape index (κ3) is 6.54. The number of rotatable bonds is 8. The smallest absolute Gasteiger partial charge is 0.416 e. The third-order valence-corrected chi connectivity index (χ3v) is 4.10. The molecule has 0 heterocycles. The van der Waals surface area contributed by atoms with Gasteiger partial charge in [0, 0.05) is 13.6 Å². The second-order valence-corrected chi connectivity index (χ2v) is 6.50. The number of carbonyl (C=O) groups excluding carboxylic acids is 1. The van der Waals surface area contributed by atoms with Crippen LogP contribution in [0.2, 0.25) is 0 Å². The molecular formula is C20H23F3N2O3. The zero-order chi connectivity index (χ0) is 20.7. The number of likely N-dealkylation sites (N-methyl/N-ethyl adjacent to an activating group) is 1. The van der Waals surface area contributed by atoms with Crippen molar-refractivity contribution in [2.75, 3.05) is 20.2 Å². The number of alkyl halides is 3. The minimum Gasteiger partial charge on any atom is -0.491 e. The molecule has 3 N–H and O–H groups in total. The summed E-state index contributed by atoms with van der Waals surface area (Å²) < 4.78 is 42.9. The SMILES string of the molecule is CN(CC(O)COc1ccc(C(F)(F)F)cc1)C(=O)[C@@H](N)Cc1ccccc1. The quantitative estimate of drug-likeness (QED) is 0.719.